The first kappa shape index (κ1) is 12.8. The van der Waals surface area contributed by atoms with Crippen LogP contribution in [0.15, 0.2) is 36.7 Å². The number of hydrogen-bond donors (Lipinski definition) is 3. The number of amides is 1. The Kier molecular flexibility index (Phi) is 3.89. The van der Waals surface area contributed by atoms with E-state index in [1.54, 1.807) is 24.3 Å². The van der Waals surface area contributed by atoms with E-state index < -0.39 is 5.91 Å². The van der Waals surface area contributed by atoms with Gasteiger partial charge in [-0.1, -0.05) is 12.1 Å². The van der Waals surface area contributed by atoms with Crippen molar-refractivity contribution in [1.29, 1.82) is 0 Å². The zero-order valence-corrected chi connectivity index (χ0v) is 10.0. The third-order valence-electron chi connectivity index (χ3n) is 2.38. The molecule has 0 radical (unpaired) electrons. The highest BCUT2D eigenvalue weighted by Gasteiger charge is 2.08. The number of nitrogens with one attached hydrogen (secondary N) is 1. The number of para-hydroxylation sites is 1. The van der Waals surface area contributed by atoms with Gasteiger partial charge in [-0.2, -0.15) is 0 Å². The number of nitrogens with zero attached hydrogens (tertiary/aromatic N) is 2. The Balaban J connectivity index is 2.07. The lowest BCUT2D eigenvalue weighted by atomic mass is 10.2. The molecule has 1 heterocycles. The molecule has 0 aliphatic rings. The Bertz CT molecular complexity index is 571. The standard InChI is InChI=1S/C12H13N5O2/c13-12(18)9-3-1-2-4-10(9)19-7-8-5-16-11(17-14)6-15-8/h1-6H,7,14H2,(H2,13,18)(H,16,17). The van der Waals surface area contributed by atoms with Gasteiger partial charge in [0.1, 0.15) is 12.4 Å². The van der Waals surface area contributed by atoms with Gasteiger partial charge in [0.25, 0.3) is 5.91 Å². The highest BCUT2D eigenvalue weighted by molar-refractivity contribution is 5.95. The molecule has 2 aromatic rings. The fraction of sp³-hybridized carbons (Fsp3) is 0.0833. The van der Waals surface area contributed by atoms with Crippen molar-refractivity contribution in [2.75, 3.05) is 5.43 Å². The number of primary amides is 1. The van der Waals surface area contributed by atoms with Crippen molar-refractivity contribution >= 4 is 11.7 Å². The summed E-state index contributed by atoms with van der Waals surface area (Å²) in [5, 5.41) is 0. The third kappa shape index (κ3) is 3.17. The van der Waals surface area contributed by atoms with Crippen LogP contribution in [0.3, 0.4) is 0 Å². The number of carbonyl (C=O) groups excluding carboxylic acids is 1. The molecule has 19 heavy (non-hydrogen) atoms. The summed E-state index contributed by atoms with van der Waals surface area (Å²) in [6, 6.07) is 6.75. The van der Waals surface area contributed by atoms with Gasteiger partial charge in [0.15, 0.2) is 5.82 Å². The molecule has 1 amide bonds. The summed E-state index contributed by atoms with van der Waals surface area (Å²) >= 11 is 0. The normalized spacial score (nSPS) is 9.95. The van der Waals surface area contributed by atoms with Gasteiger partial charge in [-0.3, -0.25) is 9.78 Å². The monoisotopic (exact) mass is 259 g/mol. The maximum atomic E-state index is 11.2. The number of hydrazine groups is 1. The molecule has 0 saturated heterocycles. The Hall–Kier alpha value is -2.67. The molecule has 1 aromatic heterocycles. The SMILES string of the molecule is NNc1cnc(COc2ccccc2C(N)=O)cn1. The van der Waals surface area contributed by atoms with Gasteiger partial charge >= 0.3 is 0 Å². The molecule has 0 fully saturated rings. The lowest BCUT2D eigenvalue weighted by Gasteiger charge is -2.08. The van der Waals surface area contributed by atoms with E-state index in [2.05, 4.69) is 15.4 Å². The number of hydrogen-bond acceptors (Lipinski definition) is 6. The van der Waals surface area contributed by atoms with Gasteiger partial charge in [-0.05, 0) is 12.1 Å². The molecule has 0 aliphatic carbocycles. The molecule has 5 N–H and O–H groups in total. The van der Waals surface area contributed by atoms with Gasteiger partial charge < -0.3 is 15.9 Å². The average Bonchev–Trinajstić information content (AvgIpc) is 2.46. The number of nitrogen functional groups attached to an aromatic ring is 1. The van der Waals surface area contributed by atoms with Crippen molar-refractivity contribution in [3.63, 3.8) is 0 Å². The van der Waals surface area contributed by atoms with E-state index in [-0.39, 0.29) is 6.61 Å². The summed E-state index contributed by atoms with van der Waals surface area (Å²) in [6.45, 7) is 0.183. The number of benzene rings is 1. The van der Waals surface area contributed by atoms with Crippen molar-refractivity contribution in [1.82, 2.24) is 9.97 Å². The zero-order valence-electron chi connectivity index (χ0n) is 10.0. The Labute approximate surface area is 109 Å². The minimum absolute atomic E-state index is 0.183. The molecular formula is C12H13N5O2. The minimum Gasteiger partial charge on any atom is -0.486 e. The molecule has 0 atom stereocenters. The summed E-state index contributed by atoms with van der Waals surface area (Å²) in [7, 11) is 0. The average molecular weight is 259 g/mol. The van der Waals surface area contributed by atoms with E-state index in [4.69, 9.17) is 16.3 Å². The quantitative estimate of drug-likeness (QED) is 0.530. The van der Waals surface area contributed by atoms with Crippen LogP contribution in [0.2, 0.25) is 0 Å². The lowest BCUT2D eigenvalue weighted by molar-refractivity contribution is 0.0996. The van der Waals surface area contributed by atoms with Gasteiger partial charge in [0.2, 0.25) is 0 Å². The summed E-state index contributed by atoms with van der Waals surface area (Å²) in [6.07, 6.45) is 3.01. The van der Waals surface area contributed by atoms with Crippen LogP contribution in [0.25, 0.3) is 0 Å². The van der Waals surface area contributed by atoms with Crippen LogP contribution in [-0.2, 0) is 6.61 Å². The van der Waals surface area contributed by atoms with Gasteiger partial charge in [0, 0.05) is 0 Å². The van der Waals surface area contributed by atoms with Crippen molar-refractivity contribution in [3.8, 4) is 5.75 Å². The fourth-order valence-corrected chi connectivity index (χ4v) is 1.45. The molecule has 0 spiro atoms. The molecule has 0 saturated carbocycles. The predicted molar refractivity (Wildman–Crippen MR) is 69.1 cm³/mol. The Morgan fingerprint density at radius 3 is 2.68 bits per heavy atom. The smallest absolute Gasteiger partial charge is 0.252 e. The second-order valence-electron chi connectivity index (χ2n) is 3.69. The van der Waals surface area contributed by atoms with Crippen LogP contribution < -0.4 is 21.7 Å². The number of ether oxygens (including phenoxy) is 1. The minimum atomic E-state index is -0.538. The highest BCUT2D eigenvalue weighted by atomic mass is 16.5. The number of carbonyl (C=O) groups is 1. The van der Waals surface area contributed by atoms with E-state index in [1.807, 2.05) is 0 Å². The second-order valence-corrected chi connectivity index (χ2v) is 3.69. The summed E-state index contributed by atoms with van der Waals surface area (Å²) in [5.41, 5.74) is 8.57. The number of anilines is 1. The van der Waals surface area contributed by atoms with Crippen molar-refractivity contribution < 1.29 is 9.53 Å². The highest BCUT2D eigenvalue weighted by Crippen LogP contribution is 2.18. The largest absolute Gasteiger partial charge is 0.486 e. The lowest BCUT2D eigenvalue weighted by Crippen LogP contribution is -2.13. The number of aromatic nitrogens is 2. The van der Waals surface area contributed by atoms with Crippen LogP contribution in [0.1, 0.15) is 16.1 Å². The predicted octanol–water partition coefficient (Wildman–Crippen LogP) is 0.440. The van der Waals surface area contributed by atoms with Gasteiger partial charge in [-0.25, -0.2) is 10.8 Å². The number of nitrogens with two attached hydrogens (primary N) is 2. The van der Waals surface area contributed by atoms with Crippen LogP contribution in [-0.4, -0.2) is 15.9 Å². The zero-order chi connectivity index (χ0) is 13.7. The van der Waals surface area contributed by atoms with Crippen LogP contribution >= 0.6 is 0 Å². The Morgan fingerprint density at radius 1 is 1.26 bits per heavy atom. The van der Waals surface area contributed by atoms with E-state index in [0.717, 1.165) is 0 Å². The molecule has 1 aromatic carbocycles. The van der Waals surface area contributed by atoms with Crippen LogP contribution in [0, 0.1) is 0 Å². The molecule has 0 bridgehead atoms. The molecule has 7 heteroatoms. The van der Waals surface area contributed by atoms with Gasteiger partial charge in [0.05, 0.1) is 23.7 Å². The Morgan fingerprint density at radius 2 is 2.05 bits per heavy atom. The second kappa shape index (κ2) is 5.78. The first-order valence-electron chi connectivity index (χ1n) is 5.50. The molecule has 7 nitrogen and oxygen atoms in total. The van der Waals surface area contributed by atoms with Crippen LogP contribution in [0.4, 0.5) is 5.82 Å². The van der Waals surface area contributed by atoms with Gasteiger partial charge in [-0.15, -0.1) is 0 Å². The molecule has 2 rings (SSSR count). The van der Waals surface area contributed by atoms with Crippen molar-refractivity contribution in [3.05, 3.63) is 47.9 Å². The summed E-state index contributed by atoms with van der Waals surface area (Å²) in [5.74, 6) is 5.52. The molecule has 0 unspecified atom stereocenters. The van der Waals surface area contributed by atoms with E-state index in [0.29, 0.717) is 22.8 Å². The number of rotatable bonds is 5. The summed E-state index contributed by atoms with van der Waals surface area (Å²) < 4.78 is 5.50. The van der Waals surface area contributed by atoms with Crippen molar-refractivity contribution in [2.24, 2.45) is 11.6 Å². The maximum absolute atomic E-state index is 11.2. The first-order valence-corrected chi connectivity index (χ1v) is 5.50. The molecular weight excluding hydrogens is 246 g/mol. The fourth-order valence-electron chi connectivity index (χ4n) is 1.45. The van der Waals surface area contributed by atoms with E-state index in [9.17, 15) is 4.79 Å². The van der Waals surface area contributed by atoms with Crippen LogP contribution in [0.5, 0.6) is 5.75 Å². The maximum Gasteiger partial charge on any atom is 0.252 e. The van der Waals surface area contributed by atoms with E-state index >= 15 is 0 Å². The first-order chi connectivity index (χ1) is 9.20. The summed E-state index contributed by atoms with van der Waals surface area (Å²) in [4.78, 5) is 19.3. The third-order valence-corrected chi connectivity index (χ3v) is 2.38. The molecule has 98 valence electrons. The van der Waals surface area contributed by atoms with E-state index in [1.165, 1.54) is 12.4 Å². The topological polar surface area (TPSA) is 116 Å². The molecule has 0 aliphatic heterocycles. The van der Waals surface area contributed by atoms with Crippen molar-refractivity contribution in [2.45, 2.75) is 6.61 Å².